The summed E-state index contributed by atoms with van der Waals surface area (Å²) in [4.78, 5) is 0. The van der Waals surface area contributed by atoms with Crippen LogP contribution in [0.25, 0.3) is 66.1 Å². The van der Waals surface area contributed by atoms with E-state index in [2.05, 4.69) is 88.0 Å². The summed E-state index contributed by atoms with van der Waals surface area (Å²) in [5, 5.41) is 25.5. The van der Waals surface area contributed by atoms with Crippen LogP contribution in [0.3, 0.4) is 0 Å². The van der Waals surface area contributed by atoms with Gasteiger partial charge in [0.15, 0.2) is 0 Å². The zero-order chi connectivity index (χ0) is 28.2. The monoisotopic (exact) mass is 534 g/mol. The second-order valence-corrected chi connectivity index (χ2v) is 10.4. The molecule has 0 unspecified atom stereocenters. The zero-order valence-corrected chi connectivity index (χ0v) is 22.5. The maximum Gasteiger partial charge on any atom is 0.101 e. The normalized spacial score (nSPS) is 11.3. The molecule has 0 spiro atoms. The molecule has 0 aliphatic rings. The van der Waals surface area contributed by atoms with Crippen molar-refractivity contribution in [2.75, 3.05) is 0 Å². The first-order chi connectivity index (χ1) is 20.8. The molecule has 6 aromatic carbocycles. The molecule has 0 fully saturated rings. The predicted molar refractivity (Wildman–Crippen MR) is 170 cm³/mol. The Morgan fingerprint density at radius 1 is 0.405 bits per heavy atom. The molecule has 0 amide bonds. The molecule has 0 saturated heterocycles. The van der Waals surface area contributed by atoms with Crippen LogP contribution in [0.15, 0.2) is 133 Å². The fraction of sp³-hybridized carbons (Fsp3) is 0. The van der Waals surface area contributed by atoms with Crippen LogP contribution < -0.4 is 0 Å². The number of fused-ring (bicyclic) bond motifs is 6. The highest BCUT2D eigenvalue weighted by Gasteiger charge is 2.23. The minimum absolute atomic E-state index is 0.542. The maximum absolute atomic E-state index is 10.5. The summed E-state index contributed by atoms with van der Waals surface area (Å²) in [6, 6.07) is 49.9. The first kappa shape index (κ1) is 23.8. The molecule has 0 atom stereocenters. The molecule has 2 aromatic heterocycles. The molecule has 0 aliphatic carbocycles. The lowest BCUT2D eigenvalue weighted by atomic mass is 9.94. The average molecular weight is 535 g/mol. The average Bonchev–Trinajstić information content (AvgIpc) is 3.57. The molecule has 2 heterocycles. The van der Waals surface area contributed by atoms with Gasteiger partial charge in [-0.05, 0) is 42.5 Å². The van der Waals surface area contributed by atoms with E-state index >= 15 is 0 Å². The van der Waals surface area contributed by atoms with E-state index < -0.39 is 0 Å². The van der Waals surface area contributed by atoms with E-state index in [9.17, 15) is 10.5 Å². The van der Waals surface area contributed by atoms with Gasteiger partial charge in [-0.3, -0.25) is 0 Å². The summed E-state index contributed by atoms with van der Waals surface area (Å²) in [6.07, 6.45) is 0. The van der Waals surface area contributed by atoms with E-state index in [0.717, 1.165) is 66.1 Å². The van der Waals surface area contributed by atoms with E-state index in [1.165, 1.54) is 0 Å². The molecular weight excluding hydrogens is 512 g/mol. The second-order valence-electron chi connectivity index (χ2n) is 10.4. The number of hydrogen-bond donors (Lipinski definition) is 0. The number of nitrogens with zero attached hydrogens (tertiary/aromatic N) is 4. The minimum Gasteiger partial charge on any atom is -0.309 e. The Morgan fingerprint density at radius 3 is 1.33 bits per heavy atom. The lowest BCUT2D eigenvalue weighted by molar-refractivity contribution is 1.15. The van der Waals surface area contributed by atoms with Crippen molar-refractivity contribution in [3.05, 3.63) is 145 Å². The third-order valence-corrected chi connectivity index (χ3v) is 8.21. The highest BCUT2D eigenvalue weighted by Crippen LogP contribution is 2.42. The number of aromatic nitrogens is 2. The van der Waals surface area contributed by atoms with E-state index in [4.69, 9.17) is 0 Å². The second kappa shape index (κ2) is 9.24. The third kappa shape index (κ3) is 3.27. The molecule has 42 heavy (non-hydrogen) atoms. The highest BCUT2D eigenvalue weighted by molar-refractivity contribution is 6.11. The third-order valence-electron chi connectivity index (χ3n) is 8.21. The lowest BCUT2D eigenvalue weighted by Gasteiger charge is -2.20. The van der Waals surface area contributed by atoms with Crippen molar-refractivity contribution < 1.29 is 0 Å². The molecule has 0 saturated carbocycles. The van der Waals surface area contributed by atoms with Crippen LogP contribution in [0.4, 0.5) is 0 Å². The van der Waals surface area contributed by atoms with Gasteiger partial charge in [-0.2, -0.15) is 10.5 Å². The fourth-order valence-electron chi connectivity index (χ4n) is 6.52. The van der Waals surface area contributed by atoms with Gasteiger partial charge in [-0.1, -0.05) is 91.0 Å². The van der Waals surface area contributed by atoms with Gasteiger partial charge in [0.05, 0.1) is 50.6 Å². The van der Waals surface area contributed by atoms with Crippen molar-refractivity contribution in [2.45, 2.75) is 0 Å². The van der Waals surface area contributed by atoms with E-state index in [1.54, 1.807) is 0 Å². The van der Waals surface area contributed by atoms with Crippen molar-refractivity contribution in [2.24, 2.45) is 0 Å². The van der Waals surface area contributed by atoms with Gasteiger partial charge in [0.25, 0.3) is 0 Å². The van der Waals surface area contributed by atoms with Gasteiger partial charge in [-0.15, -0.1) is 0 Å². The van der Waals surface area contributed by atoms with Crippen LogP contribution in [-0.2, 0) is 0 Å². The highest BCUT2D eigenvalue weighted by atomic mass is 15.0. The summed E-state index contributed by atoms with van der Waals surface area (Å²) in [5.74, 6) is 0. The predicted octanol–water partition coefficient (Wildman–Crippen LogP) is 9.29. The molecule has 194 valence electrons. The maximum atomic E-state index is 10.5. The molecule has 0 N–H and O–H groups in total. The van der Waals surface area contributed by atoms with Crippen molar-refractivity contribution in [1.82, 2.24) is 9.13 Å². The van der Waals surface area contributed by atoms with Gasteiger partial charge >= 0.3 is 0 Å². The van der Waals surface area contributed by atoms with Crippen molar-refractivity contribution in [1.29, 1.82) is 10.5 Å². The summed E-state index contributed by atoms with van der Waals surface area (Å²) < 4.78 is 4.43. The quantitative estimate of drug-likeness (QED) is 0.227. The topological polar surface area (TPSA) is 57.4 Å². The SMILES string of the molecule is N#Cc1cccc(-n2c3ccccc3c3ccccc32)c1-c1cccc(C#N)c1-n1c2ccccc2c2ccccc21. The molecule has 0 radical (unpaired) electrons. The summed E-state index contributed by atoms with van der Waals surface area (Å²) >= 11 is 0. The molecular formula is C38H22N4. The van der Waals surface area contributed by atoms with Crippen LogP contribution in [0.1, 0.15) is 11.1 Å². The number of para-hydroxylation sites is 5. The standard InChI is InChI=1S/C38H22N4/c39-23-25-11-10-22-36(41-32-18-5-1-13-27(32)28-14-2-6-19-33(28)41)37(25)31-17-9-12-26(24-40)38(31)42-34-20-7-3-15-29(34)30-16-4-8-21-35(30)42/h1-22H. The number of nitriles is 2. The Morgan fingerprint density at radius 2 is 0.833 bits per heavy atom. The first-order valence-electron chi connectivity index (χ1n) is 13.8. The first-order valence-corrected chi connectivity index (χ1v) is 13.8. The van der Waals surface area contributed by atoms with Gasteiger partial charge in [-0.25, -0.2) is 0 Å². The largest absolute Gasteiger partial charge is 0.309 e. The summed E-state index contributed by atoms with van der Waals surface area (Å²) in [7, 11) is 0. The number of benzene rings is 6. The Labute approximate surface area is 242 Å². The van der Waals surface area contributed by atoms with Gasteiger partial charge in [0, 0.05) is 32.7 Å². The number of rotatable bonds is 3. The minimum atomic E-state index is 0.542. The van der Waals surface area contributed by atoms with Crippen LogP contribution in [0.5, 0.6) is 0 Å². The molecule has 0 aliphatic heterocycles. The Balaban J connectivity index is 1.55. The van der Waals surface area contributed by atoms with Crippen LogP contribution in [-0.4, -0.2) is 9.13 Å². The Bertz CT molecular complexity index is 2340. The van der Waals surface area contributed by atoms with Crippen LogP contribution in [0, 0.1) is 22.7 Å². The zero-order valence-electron chi connectivity index (χ0n) is 22.5. The van der Waals surface area contributed by atoms with Crippen LogP contribution in [0.2, 0.25) is 0 Å². The lowest BCUT2D eigenvalue weighted by Crippen LogP contribution is -2.05. The fourth-order valence-corrected chi connectivity index (χ4v) is 6.52. The number of hydrogen-bond acceptors (Lipinski definition) is 2. The van der Waals surface area contributed by atoms with Crippen molar-refractivity contribution >= 4 is 43.6 Å². The molecule has 8 aromatic rings. The van der Waals surface area contributed by atoms with E-state index in [-0.39, 0.29) is 0 Å². The van der Waals surface area contributed by atoms with Gasteiger partial charge in [0.1, 0.15) is 6.07 Å². The Kier molecular flexibility index (Phi) is 5.22. The van der Waals surface area contributed by atoms with E-state index in [0.29, 0.717) is 11.1 Å². The molecule has 4 nitrogen and oxygen atoms in total. The summed E-state index contributed by atoms with van der Waals surface area (Å²) in [6.45, 7) is 0. The van der Waals surface area contributed by atoms with Gasteiger partial charge < -0.3 is 9.13 Å². The summed E-state index contributed by atoms with van der Waals surface area (Å²) in [5.41, 5.74) is 8.51. The molecule has 4 heteroatoms. The molecule has 8 rings (SSSR count). The smallest absolute Gasteiger partial charge is 0.101 e. The van der Waals surface area contributed by atoms with E-state index in [1.807, 2.05) is 66.7 Å². The van der Waals surface area contributed by atoms with Crippen molar-refractivity contribution in [3.8, 4) is 34.6 Å². The van der Waals surface area contributed by atoms with Gasteiger partial charge in [0.2, 0.25) is 0 Å². The molecule has 0 bridgehead atoms. The van der Waals surface area contributed by atoms with Crippen LogP contribution >= 0.6 is 0 Å². The van der Waals surface area contributed by atoms with Crippen molar-refractivity contribution in [3.63, 3.8) is 0 Å². The Hall–Kier alpha value is -6.10.